The van der Waals surface area contributed by atoms with E-state index >= 15 is 0 Å². The SMILES string of the molecule is N#Cc1ccccc1CNc1cc(Cl)ccc1Br. The molecule has 0 aliphatic rings. The van der Waals surface area contributed by atoms with Gasteiger partial charge in [0.2, 0.25) is 0 Å². The lowest BCUT2D eigenvalue weighted by Crippen LogP contribution is -2.02. The van der Waals surface area contributed by atoms with Gasteiger partial charge in [-0.05, 0) is 45.8 Å². The van der Waals surface area contributed by atoms with Gasteiger partial charge in [-0.15, -0.1) is 0 Å². The van der Waals surface area contributed by atoms with Gasteiger partial charge in [0.15, 0.2) is 0 Å². The van der Waals surface area contributed by atoms with Crippen molar-refractivity contribution in [2.75, 3.05) is 5.32 Å². The van der Waals surface area contributed by atoms with Crippen LogP contribution < -0.4 is 5.32 Å². The van der Waals surface area contributed by atoms with E-state index in [4.69, 9.17) is 16.9 Å². The van der Waals surface area contributed by atoms with E-state index in [2.05, 4.69) is 27.3 Å². The molecule has 2 rings (SSSR count). The Hall–Kier alpha value is -1.50. The Kier molecular flexibility index (Phi) is 4.24. The first kappa shape index (κ1) is 12.9. The second kappa shape index (κ2) is 5.90. The van der Waals surface area contributed by atoms with Crippen LogP contribution in [0.25, 0.3) is 0 Å². The molecule has 2 aromatic carbocycles. The largest absolute Gasteiger partial charge is 0.380 e. The summed E-state index contributed by atoms with van der Waals surface area (Å²) in [7, 11) is 0. The Labute approximate surface area is 119 Å². The molecule has 90 valence electrons. The molecule has 0 aliphatic heterocycles. The van der Waals surface area contributed by atoms with Crippen LogP contribution in [0.15, 0.2) is 46.9 Å². The predicted molar refractivity (Wildman–Crippen MR) is 77.6 cm³/mol. The molecular formula is C14H10BrClN2. The van der Waals surface area contributed by atoms with Crippen LogP contribution >= 0.6 is 27.5 Å². The third-order valence-corrected chi connectivity index (χ3v) is 3.46. The zero-order chi connectivity index (χ0) is 13.0. The number of anilines is 1. The van der Waals surface area contributed by atoms with Gasteiger partial charge in [-0.2, -0.15) is 5.26 Å². The van der Waals surface area contributed by atoms with Crippen molar-refractivity contribution in [3.63, 3.8) is 0 Å². The van der Waals surface area contributed by atoms with Gasteiger partial charge >= 0.3 is 0 Å². The third-order valence-electron chi connectivity index (χ3n) is 2.54. The molecule has 2 nitrogen and oxygen atoms in total. The number of halogens is 2. The first-order valence-electron chi connectivity index (χ1n) is 5.37. The summed E-state index contributed by atoms with van der Waals surface area (Å²) in [6.07, 6.45) is 0. The molecule has 0 amide bonds. The monoisotopic (exact) mass is 320 g/mol. The second-order valence-corrected chi connectivity index (χ2v) is 5.04. The van der Waals surface area contributed by atoms with Crippen molar-refractivity contribution in [3.8, 4) is 6.07 Å². The maximum absolute atomic E-state index is 9.01. The Bertz CT molecular complexity index is 605. The molecule has 2 aromatic rings. The summed E-state index contributed by atoms with van der Waals surface area (Å²) in [6.45, 7) is 0.586. The van der Waals surface area contributed by atoms with Crippen molar-refractivity contribution >= 4 is 33.2 Å². The minimum absolute atomic E-state index is 0.586. The highest BCUT2D eigenvalue weighted by atomic mass is 79.9. The molecule has 0 saturated heterocycles. The lowest BCUT2D eigenvalue weighted by Gasteiger charge is -2.10. The molecule has 0 fully saturated rings. The fraction of sp³-hybridized carbons (Fsp3) is 0.0714. The van der Waals surface area contributed by atoms with Crippen molar-refractivity contribution in [2.45, 2.75) is 6.54 Å². The zero-order valence-electron chi connectivity index (χ0n) is 9.45. The molecule has 0 aliphatic carbocycles. The summed E-state index contributed by atoms with van der Waals surface area (Å²) >= 11 is 9.40. The summed E-state index contributed by atoms with van der Waals surface area (Å²) < 4.78 is 0.946. The van der Waals surface area contributed by atoms with Crippen LogP contribution in [0.5, 0.6) is 0 Å². The van der Waals surface area contributed by atoms with Crippen molar-refractivity contribution < 1.29 is 0 Å². The summed E-state index contributed by atoms with van der Waals surface area (Å²) in [5, 5.41) is 12.9. The molecule has 4 heteroatoms. The molecule has 0 heterocycles. The summed E-state index contributed by atoms with van der Waals surface area (Å²) in [4.78, 5) is 0. The number of benzene rings is 2. The van der Waals surface area contributed by atoms with E-state index in [1.807, 2.05) is 42.5 Å². The Morgan fingerprint density at radius 2 is 2.00 bits per heavy atom. The van der Waals surface area contributed by atoms with E-state index in [1.54, 1.807) is 0 Å². The fourth-order valence-corrected chi connectivity index (χ4v) is 2.17. The highest BCUT2D eigenvalue weighted by Gasteiger charge is 2.03. The molecule has 18 heavy (non-hydrogen) atoms. The maximum atomic E-state index is 9.01. The van der Waals surface area contributed by atoms with E-state index in [-0.39, 0.29) is 0 Å². The standard InChI is InChI=1S/C14H10BrClN2/c15-13-6-5-12(16)7-14(13)18-9-11-4-2-1-3-10(11)8-17/h1-7,18H,9H2. The lowest BCUT2D eigenvalue weighted by atomic mass is 10.1. The second-order valence-electron chi connectivity index (χ2n) is 3.75. The number of nitriles is 1. The van der Waals surface area contributed by atoms with Crippen LogP contribution in [0.2, 0.25) is 5.02 Å². The van der Waals surface area contributed by atoms with Gasteiger partial charge in [0.1, 0.15) is 0 Å². The van der Waals surface area contributed by atoms with Crippen molar-refractivity contribution in [3.05, 3.63) is 63.1 Å². The third kappa shape index (κ3) is 3.04. The van der Waals surface area contributed by atoms with Gasteiger partial charge in [-0.3, -0.25) is 0 Å². The lowest BCUT2D eigenvalue weighted by molar-refractivity contribution is 1.13. The van der Waals surface area contributed by atoms with Crippen molar-refractivity contribution in [2.24, 2.45) is 0 Å². The number of hydrogen-bond donors (Lipinski definition) is 1. The van der Waals surface area contributed by atoms with Crippen LogP contribution in [0.4, 0.5) is 5.69 Å². The van der Waals surface area contributed by atoms with Crippen LogP contribution in [0.1, 0.15) is 11.1 Å². The molecule has 0 unspecified atom stereocenters. The summed E-state index contributed by atoms with van der Waals surface area (Å²) in [5.41, 5.74) is 2.56. The number of hydrogen-bond acceptors (Lipinski definition) is 2. The van der Waals surface area contributed by atoms with Crippen molar-refractivity contribution in [1.29, 1.82) is 5.26 Å². The zero-order valence-corrected chi connectivity index (χ0v) is 11.8. The normalized spacial score (nSPS) is 9.83. The van der Waals surface area contributed by atoms with E-state index in [9.17, 15) is 0 Å². The Morgan fingerprint density at radius 3 is 2.78 bits per heavy atom. The molecule has 1 N–H and O–H groups in total. The average Bonchev–Trinajstić information content (AvgIpc) is 2.40. The number of rotatable bonds is 3. The summed E-state index contributed by atoms with van der Waals surface area (Å²) in [5.74, 6) is 0. The Balaban J connectivity index is 2.17. The fourth-order valence-electron chi connectivity index (χ4n) is 1.61. The minimum atomic E-state index is 0.586. The number of nitrogens with one attached hydrogen (secondary N) is 1. The van der Waals surface area contributed by atoms with Gasteiger partial charge < -0.3 is 5.32 Å². The molecule has 0 atom stereocenters. The van der Waals surface area contributed by atoms with Gasteiger partial charge in [0.05, 0.1) is 17.3 Å². The topological polar surface area (TPSA) is 35.8 Å². The molecule has 0 radical (unpaired) electrons. The first-order chi connectivity index (χ1) is 8.70. The van der Waals surface area contributed by atoms with Gasteiger partial charge in [0.25, 0.3) is 0 Å². The van der Waals surface area contributed by atoms with E-state index < -0.39 is 0 Å². The van der Waals surface area contributed by atoms with Crippen molar-refractivity contribution in [1.82, 2.24) is 0 Å². The number of nitrogens with zero attached hydrogens (tertiary/aromatic N) is 1. The quantitative estimate of drug-likeness (QED) is 0.897. The smallest absolute Gasteiger partial charge is 0.0995 e. The minimum Gasteiger partial charge on any atom is -0.380 e. The molecular weight excluding hydrogens is 312 g/mol. The molecule has 0 aromatic heterocycles. The molecule has 0 saturated carbocycles. The first-order valence-corrected chi connectivity index (χ1v) is 6.55. The molecule has 0 bridgehead atoms. The van der Waals surface area contributed by atoms with Gasteiger partial charge in [-0.25, -0.2) is 0 Å². The van der Waals surface area contributed by atoms with Crippen LogP contribution in [0.3, 0.4) is 0 Å². The Morgan fingerprint density at radius 1 is 1.22 bits per heavy atom. The van der Waals surface area contributed by atoms with E-state index in [0.717, 1.165) is 15.7 Å². The van der Waals surface area contributed by atoms with E-state index in [1.165, 1.54) is 0 Å². The van der Waals surface area contributed by atoms with E-state index in [0.29, 0.717) is 17.1 Å². The predicted octanol–water partition coefficient (Wildman–Crippen LogP) is 4.59. The van der Waals surface area contributed by atoms with Crippen LogP contribution in [-0.4, -0.2) is 0 Å². The molecule has 0 spiro atoms. The highest BCUT2D eigenvalue weighted by Crippen LogP contribution is 2.26. The highest BCUT2D eigenvalue weighted by molar-refractivity contribution is 9.10. The van der Waals surface area contributed by atoms with Crippen LogP contribution in [0, 0.1) is 11.3 Å². The average molecular weight is 322 g/mol. The van der Waals surface area contributed by atoms with Crippen LogP contribution in [-0.2, 0) is 6.54 Å². The maximum Gasteiger partial charge on any atom is 0.0995 e. The van der Waals surface area contributed by atoms with Gasteiger partial charge in [0, 0.05) is 16.0 Å². The van der Waals surface area contributed by atoms with Gasteiger partial charge in [-0.1, -0.05) is 29.8 Å². The summed E-state index contributed by atoms with van der Waals surface area (Å²) in [6, 6.07) is 15.3.